The normalized spacial score (nSPS) is 7.40. The Labute approximate surface area is 44.7 Å². The van der Waals surface area contributed by atoms with E-state index in [1.165, 1.54) is 0 Å². The number of hydrogen-bond donors (Lipinski definition) is 0. The van der Waals surface area contributed by atoms with Crippen LogP contribution in [0.1, 0.15) is 6.42 Å². The molecule has 0 bridgehead atoms. The first-order valence-electron chi connectivity index (χ1n) is 1.46. The molecule has 0 aromatic heterocycles. The van der Waals surface area contributed by atoms with Crippen LogP contribution in [0.25, 0.3) is 0 Å². The van der Waals surface area contributed by atoms with Gasteiger partial charge in [0.25, 0.3) is 0 Å². The Morgan fingerprint density at radius 1 is 1.80 bits per heavy atom. The Hall–Kier alpha value is 0.460. The molecule has 30 valence electrons. The molecule has 0 saturated carbocycles. The van der Waals surface area contributed by atoms with Crippen LogP contribution in [0.15, 0.2) is 0 Å². The van der Waals surface area contributed by atoms with E-state index in [1.54, 1.807) is 22.3 Å². The summed E-state index contributed by atoms with van der Waals surface area (Å²) in [5.74, 6) is 0. The number of carbonyl (C=O) groups excluding carboxylic acids is 1. The van der Waals surface area contributed by atoms with Gasteiger partial charge in [-0.3, -0.25) is 0 Å². The molecule has 0 atom stereocenters. The topological polar surface area (TPSA) is 17.1 Å². The van der Waals surface area contributed by atoms with Crippen molar-refractivity contribution in [1.29, 1.82) is 0 Å². The van der Waals surface area contributed by atoms with E-state index in [0.29, 0.717) is 0 Å². The zero-order valence-electron chi connectivity index (χ0n) is 2.85. The number of aldehydes is 1. The summed E-state index contributed by atoms with van der Waals surface area (Å²) in [6.07, 6.45) is 1.67. The van der Waals surface area contributed by atoms with Gasteiger partial charge in [0.15, 0.2) is 0 Å². The Balaban J connectivity index is 2.40. The Bertz CT molecular complexity index is 28.1. The van der Waals surface area contributed by atoms with E-state index in [9.17, 15) is 4.79 Å². The fraction of sp³-hybridized carbons (Fsp3) is 0.667. The second-order valence-corrected chi connectivity index (χ2v) is 1.96. The van der Waals surface area contributed by atoms with E-state index in [-0.39, 0.29) is 0 Å². The molecule has 2 heteroatoms. The molecule has 0 aromatic carbocycles. The van der Waals surface area contributed by atoms with E-state index in [2.05, 4.69) is 0 Å². The number of carbonyl (C=O) groups is 1. The van der Waals surface area contributed by atoms with Crippen molar-refractivity contribution < 1.29 is 4.79 Å². The van der Waals surface area contributed by atoms with Crippen molar-refractivity contribution in [2.45, 2.75) is 10.9 Å². The summed E-state index contributed by atoms with van der Waals surface area (Å²) >= 11 is 1.69. The molecular formula is C3H6OTe. The van der Waals surface area contributed by atoms with Crippen LogP contribution in [0, 0.1) is 0 Å². The Kier molecular flexibility index (Phi) is 4.87. The van der Waals surface area contributed by atoms with E-state index >= 15 is 0 Å². The van der Waals surface area contributed by atoms with Crippen LogP contribution in [0.4, 0.5) is 0 Å². The summed E-state index contributed by atoms with van der Waals surface area (Å²) in [5.41, 5.74) is 0. The molecule has 0 fully saturated rings. The fourth-order valence-corrected chi connectivity index (χ4v) is 0.354. The molecule has 0 aliphatic carbocycles. The van der Waals surface area contributed by atoms with Crippen molar-refractivity contribution in [3.05, 3.63) is 0 Å². The van der Waals surface area contributed by atoms with Gasteiger partial charge in [0, 0.05) is 0 Å². The van der Waals surface area contributed by atoms with Crippen molar-refractivity contribution in [3.8, 4) is 0 Å². The first kappa shape index (κ1) is 5.46. The molecule has 0 rings (SSSR count). The maximum atomic E-state index is 9.41. The molecule has 0 amide bonds. The second-order valence-electron chi connectivity index (χ2n) is 0.679. The summed E-state index contributed by atoms with van der Waals surface area (Å²) in [6, 6.07) is 0. The van der Waals surface area contributed by atoms with Gasteiger partial charge in [-0.15, -0.1) is 0 Å². The van der Waals surface area contributed by atoms with Gasteiger partial charge in [-0.25, -0.2) is 0 Å². The Morgan fingerprint density at radius 3 is 2.40 bits per heavy atom. The van der Waals surface area contributed by atoms with Crippen LogP contribution >= 0.6 is 0 Å². The molecule has 0 N–H and O–H groups in total. The molecule has 0 aromatic rings. The van der Waals surface area contributed by atoms with Crippen molar-refractivity contribution in [3.63, 3.8) is 0 Å². The van der Waals surface area contributed by atoms with Gasteiger partial charge in [0.05, 0.1) is 0 Å². The van der Waals surface area contributed by atoms with E-state index in [4.69, 9.17) is 0 Å². The van der Waals surface area contributed by atoms with Crippen LogP contribution < -0.4 is 0 Å². The standard InChI is InChI=1S/C3H6OTe/c4-2-1-3-5/h2,5H,1,3H2. The molecule has 0 spiro atoms. The molecule has 0 heterocycles. The predicted molar refractivity (Wildman–Crippen MR) is 22.6 cm³/mol. The third-order valence-corrected chi connectivity index (χ3v) is 0.984. The minimum absolute atomic E-state index is 0.731. The van der Waals surface area contributed by atoms with Crippen LogP contribution in [-0.2, 0) is 4.79 Å². The van der Waals surface area contributed by atoms with Gasteiger partial charge in [-0.05, 0) is 0 Å². The first-order chi connectivity index (χ1) is 2.41. The first-order valence-corrected chi connectivity index (χ1v) is 3.27. The summed E-state index contributed by atoms with van der Waals surface area (Å²) < 4.78 is 1.03. The number of rotatable bonds is 2. The molecular weight excluding hydrogens is 180 g/mol. The van der Waals surface area contributed by atoms with E-state index < -0.39 is 0 Å². The van der Waals surface area contributed by atoms with E-state index in [1.807, 2.05) is 0 Å². The molecule has 0 aliphatic rings. The van der Waals surface area contributed by atoms with E-state index in [0.717, 1.165) is 17.2 Å². The van der Waals surface area contributed by atoms with Gasteiger partial charge >= 0.3 is 44.3 Å². The molecule has 0 radical (unpaired) electrons. The maximum absolute atomic E-state index is 9.41. The molecule has 0 aliphatic heterocycles. The van der Waals surface area contributed by atoms with Gasteiger partial charge < -0.3 is 0 Å². The average Bonchev–Trinajstić information content (AvgIpc) is 1.41. The molecule has 1 nitrogen and oxygen atoms in total. The van der Waals surface area contributed by atoms with Crippen molar-refractivity contribution in [2.75, 3.05) is 0 Å². The van der Waals surface area contributed by atoms with Gasteiger partial charge in [-0.2, -0.15) is 0 Å². The molecule has 0 unspecified atom stereocenters. The van der Waals surface area contributed by atoms with Crippen LogP contribution in [-0.4, -0.2) is 28.6 Å². The fourth-order valence-electron chi connectivity index (χ4n) is 0.0527. The van der Waals surface area contributed by atoms with Crippen LogP contribution in [0.3, 0.4) is 0 Å². The number of hydrogen-bond acceptors (Lipinski definition) is 1. The average molecular weight is 186 g/mol. The quantitative estimate of drug-likeness (QED) is 0.434. The zero-order chi connectivity index (χ0) is 4.12. The minimum atomic E-state index is 0.731. The van der Waals surface area contributed by atoms with Crippen LogP contribution in [0.2, 0.25) is 4.47 Å². The molecule has 0 saturated heterocycles. The second kappa shape index (κ2) is 4.46. The summed E-state index contributed by atoms with van der Waals surface area (Å²) in [6.45, 7) is 0. The summed E-state index contributed by atoms with van der Waals surface area (Å²) in [5, 5.41) is 0. The predicted octanol–water partition coefficient (Wildman–Crippen LogP) is -0.106. The van der Waals surface area contributed by atoms with Gasteiger partial charge in [0.1, 0.15) is 0 Å². The third kappa shape index (κ3) is 4.46. The zero-order valence-corrected chi connectivity index (χ0v) is 5.40. The van der Waals surface area contributed by atoms with Crippen molar-refractivity contribution >= 4 is 28.6 Å². The van der Waals surface area contributed by atoms with Crippen molar-refractivity contribution in [1.82, 2.24) is 0 Å². The van der Waals surface area contributed by atoms with Crippen LogP contribution in [0.5, 0.6) is 0 Å². The van der Waals surface area contributed by atoms with Crippen molar-refractivity contribution in [2.24, 2.45) is 0 Å². The Morgan fingerprint density at radius 2 is 2.40 bits per heavy atom. The third-order valence-electron chi connectivity index (χ3n) is 0.247. The SMILES string of the molecule is O=CCC[TeH]. The monoisotopic (exact) mass is 188 g/mol. The van der Waals surface area contributed by atoms with Gasteiger partial charge in [-0.1, -0.05) is 0 Å². The summed E-state index contributed by atoms with van der Waals surface area (Å²) in [4.78, 5) is 9.41. The summed E-state index contributed by atoms with van der Waals surface area (Å²) in [7, 11) is 0. The molecule has 5 heavy (non-hydrogen) atoms. The van der Waals surface area contributed by atoms with Gasteiger partial charge in [0.2, 0.25) is 0 Å².